The Hall–Kier alpha value is -2.30. The molecule has 22 heavy (non-hydrogen) atoms. The molecule has 116 valence electrons. The first-order chi connectivity index (χ1) is 10.6. The van der Waals surface area contributed by atoms with Gasteiger partial charge in [0.1, 0.15) is 5.82 Å². The van der Waals surface area contributed by atoms with E-state index in [2.05, 4.69) is 17.2 Å². The Labute approximate surface area is 131 Å². The molecule has 2 aromatic rings. The topological polar surface area (TPSA) is 50.2 Å². The lowest BCUT2D eigenvalue weighted by Crippen LogP contribution is -2.35. The van der Waals surface area contributed by atoms with E-state index < -0.39 is 0 Å². The maximum atomic E-state index is 12.1. The third-order valence-corrected chi connectivity index (χ3v) is 4.11. The highest BCUT2D eigenvalue weighted by Gasteiger charge is 2.20. The zero-order valence-corrected chi connectivity index (χ0v) is 13.1. The number of nitrogens with one attached hydrogen (secondary N) is 1. The zero-order chi connectivity index (χ0) is 15.5. The van der Waals surface area contributed by atoms with Crippen LogP contribution in [-0.2, 0) is 11.8 Å². The summed E-state index contributed by atoms with van der Waals surface area (Å²) >= 11 is 0. The third kappa shape index (κ3) is 2.98. The minimum atomic E-state index is 0.104. The Bertz CT molecular complexity index is 664. The van der Waals surface area contributed by atoms with E-state index in [1.165, 1.54) is 0 Å². The molecule has 1 aromatic heterocycles. The summed E-state index contributed by atoms with van der Waals surface area (Å²) in [7, 11) is 1.99. The lowest BCUT2D eigenvalue weighted by Gasteiger charge is -2.27. The van der Waals surface area contributed by atoms with Gasteiger partial charge in [0.25, 0.3) is 0 Å². The molecule has 0 aliphatic carbocycles. The second-order valence-corrected chi connectivity index (χ2v) is 5.82. The van der Waals surface area contributed by atoms with Crippen molar-refractivity contribution in [1.82, 2.24) is 9.55 Å². The first-order valence-electron chi connectivity index (χ1n) is 7.79. The number of rotatable bonds is 4. The summed E-state index contributed by atoms with van der Waals surface area (Å²) in [5.74, 6) is 1.21. The molecule has 2 heterocycles. The van der Waals surface area contributed by atoms with E-state index in [0.717, 1.165) is 36.6 Å². The number of amides is 1. The lowest BCUT2D eigenvalue weighted by molar-refractivity contribution is -0.119. The fraction of sp³-hybridized carbons (Fsp3) is 0.412. The Balaban J connectivity index is 1.76. The van der Waals surface area contributed by atoms with Crippen LogP contribution in [-0.4, -0.2) is 22.0 Å². The van der Waals surface area contributed by atoms with Gasteiger partial charge in [-0.2, -0.15) is 0 Å². The SMILES string of the molecule is CC(Nc1cccc(N2CCCCC2=O)c1)c1nccn1C. The van der Waals surface area contributed by atoms with Crippen LogP contribution >= 0.6 is 0 Å². The van der Waals surface area contributed by atoms with Gasteiger partial charge in [0.05, 0.1) is 6.04 Å². The average molecular weight is 298 g/mol. The molecule has 5 heteroatoms. The second kappa shape index (κ2) is 6.22. The van der Waals surface area contributed by atoms with Gasteiger partial charge in [-0.25, -0.2) is 4.98 Å². The highest BCUT2D eigenvalue weighted by molar-refractivity contribution is 5.94. The molecule has 1 N–H and O–H groups in total. The summed E-state index contributed by atoms with van der Waals surface area (Å²) in [6.45, 7) is 2.90. The van der Waals surface area contributed by atoms with Gasteiger partial charge in [0.2, 0.25) is 5.91 Å². The fourth-order valence-corrected chi connectivity index (χ4v) is 2.95. The molecule has 1 aromatic carbocycles. The number of aromatic nitrogens is 2. The van der Waals surface area contributed by atoms with Crippen molar-refractivity contribution >= 4 is 17.3 Å². The molecule has 1 fully saturated rings. The molecule has 1 unspecified atom stereocenters. The van der Waals surface area contributed by atoms with E-state index in [9.17, 15) is 4.79 Å². The molecule has 1 aliphatic rings. The number of piperidine rings is 1. The predicted molar refractivity (Wildman–Crippen MR) is 87.9 cm³/mol. The van der Waals surface area contributed by atoms with Gasteiger partial charge in [-0.15, -0.1) is 0 Å². The number of carbonyl (C=O) groups excluding carboxylic acids is 1. The van der Waals surface area contributed by atoms with Crippen molar-refractivity contribution in [3.63, 3.8) is 0 Å². The predicted octanol–water partition coefficient (Wildman–Crippen LogP) is 3.11. The Morgan fingerprint density at radius 1 is 1.32 bits per heavy atom. The van der Waals surface area contributed by atoms with Crippen molar-refractivity contribution in [2.24, 2.45) is 7.05 Å². The smallest absolute Gasteiger partial charge is 0.226 e. The minimum Gasteiger partial charge on any atom is -0.375 e. The number of hydrogen-bond donors (Lipinski definition) is 1. The van der Waals surface area contributed by atoms with Crippen LogP contribution in [0.5, 0.6) is 0 Å². The molecule has 0 bridgehead atoms. The number of anilines is 2. The number of nitrogens with zero attached hydrogens (tertiary/aromatic N) is 3. The van der Waals surface area contributed by atoms with Crippen LogP contribution in [0.25, 0.3) is 0 Å². The summed E-state index contributed by atoms with van der Waals surface area (Å²) < 4.78 is 2.01. The van der Waals surface area contributed by atoms with Gasteiger partial charge in [-0.3, -0.25) is 4.79 Å². The van der Waals surface area contributed by atoms with E-state index in [4.69, 9.17) is 0 Å². The maximum Gasteiger partial charge on any atom is 0.226 e. The minimum absolute atomic E-state index is 0.104. The van der Waals surface area contributed by atoms with Crippen molar-refractivity contribution in [3.05, 3.63) is 42.5 Å². The molecule has 0 radical (unpaired) electrons. The standard InChI is InChI=1S/C17H22N4O/c1-13(17-18-9-11-20(17)2)19-14-6-5-7-15(12-14)21-10-4-3-8-16(21)22/h5-7,9,11-13,19H,3-4,8,10H2,1-2H3. The number of aryl methyl sites for hydroxylation is 1. The van der Waals surface area contributed by atoms with Crippen molar-refractivity contribution in [3.8, 4) is 0 Å². The molecule has 0 spiro atoms. The largest absolute Gasteiger partial charge is 0.375 e. The molecule has 1 atom stereocenters. The van der Waals surface area contributed by atoms with Crippen LogP contribution in [0.3, 0.4) is 0 Å². The molecule has 0 saturated carbocycles. The van der Waals surface area contributed by atoms with Gasteiger partial charge in [-0.1, -0.05) is 6.07 Å². The summed E-state index contributed by atoms with van der Waals surface area (Å²) in [5, 5.41) is 3.46. The van der Waals surface area contributed by atoms with Crippen LogP contribution in [0.4, 0.5) is 11.4 Å². The molecule has 3 rings (SSSR count). The van der Waals surface area contributed by atoms with E-state index in [-0.39, 0.29) is 11.9 Å². The number of carbonyl (C=O) groups is 1. The summed E-state index contributed by atoms with van der Waals surface area (Å²) in [6, 6.07) is 8.16. The van der Waals surface area contributed by atoms with Crippen LogP contribution in [0.15, 0.2) is 36.7 Å². The highest BCUT2D eigenvalue weighted by Crippen LogP contribution is 2.25. The summed E-state index contributed by atoms with van der Waals surface area (Å²) in [6.07, 6.45) is 6.48. The van der Waals surface area contributed by atoms with Crippen LogP contribution in [0.2, 0.25) is 0 Å². The Morgan fingerprint density at radius 3 is 2.91 bits per heavy atom. The van der Waals surface area contributed by atoms with E-state index in [1.54, 1.807) is 6.20 Å². The van der Waals surface area contributed by atoms with Gasteiger partial charge >= 0.3 is 0 Å². The Morgan fingerprint density at radius 2 is 2.18 bits per heavy atom. The first-order valence-corrected chi connectivity index (χ1v) is 7.79. The van der Waals surface area contributed by atoms with Gasteiger partial charge in [-0.05, 0) is 38.0 Å². The van der Waals surface area contributed by atoms with Crippen molar-refractivity contribution in [2.75, 3.05) is 16.8 Å². The van der Waals surface area contributed by atoms with Crippen LogP contribution < -0.4 is 10.2 Å². The lowest BCUT2D eigenvalue weighted by atomic mass is 10.1. The van der Waals surface area contributed by atoms with Gasteiger partial charge in [0, 0.05) is 43.8 Å². The van der Waals surface area contributed by atoms with E-state index in [0.29, 0.717) is 6.42 Å². The van der Waals surface area contributed by atoms with Crippen LogP contribution in [0, 0.1) is 0 Å². The van der Waals surface area contributed by atoms with E-state index >= 15 is 0 Å². The number of benzene rings is 1. The maximum absolute atomic E-state index is 12.1. The molecule has 5 nitrogen and oxygen atoms in total. The third-order valence-electron chi connectivity index (χ3n) is 4.11. The average Bonchev–Trinajstić information content (AvgIpc) is 2.94. The fourth-order valence-electron chi connectivity index (χ4n) is 2.95. The normalized spacial score (nSPS) is 16.6. The van der Waals surface area contributed by atoms with Gasteiger partial charge in [0.15, 0.2) is 0 Å². The molecule has 1 amide bonds. The molecule has 1 saturated heterocycles. The van der Waals surface area contributed by atoms with Crippen molar-refractivity contribution < 1.29 is 4.79 Å². The molecular formula is C17H22N4O. The van der Waals surface area contributed by atoms with Gasteiger partial charge < -0.3 is 14.8 Å². The number of hydrogen-bond acceptors (Lipinski definition) is 3. The Kier molecular flexibility index (Phi) is 4.13. The van der Waals surface area contributed by atoms with Crippen molar-refractivity contribution in [2.45, 2.75) is 32.2 Å². The molecular weight excluding hydrogens is 276 g/mol. The first kappa shape index (κ1) is 14.6. The summed E-state index contributed by atoms with van der Waals surface area (Å²) in [4.78, 5) is 18.3. The van der Waals surface area contributed by atoms with Crippen LogP contribution in [0.1, 0.15) is 38.1 Å². The second-order valence-electron chi connectivity index (χ2n) is 5.82. The monoisotopic (exact) mass is 298 g/mol. The number of imidazole rings is 1. The molecule has 1 aliphatic heterocycles. The van der Waals surface area contributed by atoms with Crippen molar-refractivity contribution in [1.29, 1.82) is 0 Å². The summed E-state index contributed by atoms with van der Waals surface area (Å²) in [5.41, 5.74) is 1.98. The van der Waals surface area contributed by atoms with E-state index in [1.807, 2.05) is 47.0 Å². The zero-order valence-electron chi connectivity index (χ0n) is 13.1. The highest BCUT2D eigenvalue weighted by atomic mass is 16.2. The quantitative estimate of drug-likeness (QED) is 0.943.